The Labute approximate surface area is 145 Å². The van der Waals surface area contributed by atoms with Gasteiger partial charge in [0.25, 0.3) is 5.79 Å². The number of hydrogen-bond acceptors (Lipinski definition) is 7. The van der Waals surface area contributed by atoms with Gasteiger partial charge >= 0.3 is 17.9 Å². The van der Waals surface area contributed by atoms with Crippen molar-refractivity contribution in [3.8, 4) is 0 Å². The highest BCUT2D eigenvalue weighted by atomic mass is 16.7. The van der Waals surface area contributed by atoms with Gasteiger partial charge < -0.3 is 19.5 Å². The van der Waals surface area contributed by atoms with Crippen molar-refractivity contribution in [2.75, 3.05) is 11.9 Å². The van der Waals surface area contributed by atoms with E-state index in [2.05, 4.69) is 5.32 Å². The van der Waals surface area contributed by atoms with Crippen LogP contribution in [0.4, 0.5) is 5.69 Å². The second-order valence-corrected chi connectivity index (χ2v) is 5.40. The summed E-state index contributed by atoms with van der Waals surface area (Å²) < 4.78 is 15.4. The van der Waals surface area contributed by atoms with Gasteiger partial charge in [-0.2, -0.15) is 0 Å². The largest absolute Gasteiger partial charge is 0.462 e. The summed E-state index contributed by atoms with van der Waals surface area (Å²) in [6.45, 7) is 5.59. The SMILES string of the molecule is CCOC(=O)c1ccc(NC=C2C(=O)OC(CC)(CC)OC2=O)cc1. The fourth-order valence-corrected chi connectivity index (χ4v) is 2.28. The van der Waals surface area contributed by atoms with E-state index in [0.717, 1.165) is 0 Å². The Bertz CT molecular complexity index is 666. The van der Waals surface area contributed by atoms with Crippen molar-refractivity contribution < 1.29 is 28.6 Å². The first-order chi connectivity index (χ1) is 11.9. The first-order valence-electron chi connectivity index (χ1n) is 8.15. The molecule has 0 atom stereocenters. The number of carbonyl (C=O) groups excluding carboxylic acids is 3. The molecule has 0 aliphatic carbocycles. The number of benzene rings is 1. The number of ether oxygens (including phenoxy) is 3. The number of carbonyl (C=O) groups is 3. The second kappa shape index (κ2) is 7.83. The Hall–Kier alpha value is -2.83. The van der Waals surface area contributed by atoms with E-state index in [4.69, 9.17) is 14.2 Å². The van der Waals surface area contributed by atoms with Crippen LogP contribution < -0.4 is 5.32 Å². The maximum atomic E-state index is 12.1. The van der Waals surface area contributed by atoms with Crippen LogP contribution in [0.25, 0.3) is 0 Å². The van der Waals surface area contributed by atoms with Crippen LogP contribution in [0.15, 0.2) is 36.0 Å². The molecule has 0 saturated carbocycles. The summed E-state index contributed by atoms with van der Waals surface area (Å²) in [6.07, 6.45) is 2.01. The molecule has 1 fully saturated rings. The molecule has 0 unspecified atom stereocenters. The maximum absolute atomic E-state index is 12.1. The Balaban J connectivity index is 2.08. The number of esters is 3. The van der Waals surface area contributed by atoms with Gasteiger partial charge in [-0.15, -0.1) is 0 Å². The summed E-state index contributed by atoms with van der Waals surface area (Å²) >= 11 is 0. The zero-order valence-corrected chi connectivity index (χ0v) is 14.5. The van der Waals surface area contributed by atoms with E-state index in [0.29, 0.717) is 30.7 Å². The van der Waals surface area contributed by atoms with Crippen LogP contribution in [0, 0.1) is 0 Å². The van der Waals surface area contributed by atoms with Crippen molar-refractivity contribution in [1.29, 1.82) is 0 Å². The third-order valence-electron chi connectivity index (χ3n) is 3.85. The molecule has 0 radical (unpaired) electrons. The van der Waals surface area contributed by atoms with Crippen LogP contribution in [0.1, 0.15) is 44.0 Å². The van der Waals surface area contributed by atoms with E-state index in [1.165, 1.54) is 6.20 Å². The van der Waals surface area contributed by atoms with Gasteiger partial charge in [-0.1, -0.05) is 13.8 Å². The summed E-state index contributed by atoms with van der Waals surface area (Å²) in [5.74, 6) is -3.05. The number of rotatable bonds is 6. The van der Waals surface area contributed by atoms with Crippen molar-refractivity contribution in [3.63, 3.8) is 0 Å². The predicted octanol–water partition coefficient (Wildman–Crippen LogP) is 2.78. The number of cyclic esters (lactones) is 2. The Morgan fingerprint density at radius 1 is 1.08 bits per heavy atom. The van der Waals surface area contributed by atoms with Gasteiger partial charge in [0, 0.05) is 24.7 Å². The molecular formula is C18H21NO6. The molecule has 0 aromatic heterocycles. The molecule has 7 heteroatoms. The third kappa shape index (κ3) is 4.17. The summed E-state index contributed by atoms with van der Waals surface area (Å²) in [7, 11) is 0. The lowest BCUT2D eigenvalue weighted by Gasteiger charge is -2.34. The highest BCUT2D eigenvalue weighted by molar-refractivity contribution is 6.15. The zero-order chi connectivity index (χ0) is 18.4. The van der Waals surface area contributed by atoms with Gasteiger partial charge in [0.1, 0.15) is 0 Å². The second-order valence-electron chi connectivity index (χ2n) is 5.40. The molecule has 1 aliphatic heterocycles. The van der Waals surface area contributed by atoms with Crippen LogP contribution >= 0.6 is 0 Å². The predicted molar refractivity (Wildman–Crippen MR) is 89.6 cm³/mol. The average molecular weight is 347 g/mol. The zero-order valence-electron chi connectivity index (χ0n) is 14.5. The van der Waals surface area contributed by atoms with Crippen LogP contribution in [-0.2, 0) is 23.8 Å². The standard InChI is InChI=1S/C18H21NO6/c1-4-18(5-2)24-16(21)14(17(22)25-18)11-19-13-9-7-12(8-10-13)15(20)23-6-3/h7-11,19H,4-6H2,1-3H3. The van der Waals surface area contributed by atoms with E-state index in [9.17, 15) is 14.4 Å². The van der Waals surface area contributed by atoms with Gasteiger partial charge in [0.05, 0.1) is 12.2 Å². The molecule has 0 spiro atoms. The Morgan fingerprint density at radius 3 is 2.12 bits per heavy atom. The summed E-state index contributed by atoms with van der Waals surface area (Å²) in [5.41, 5.74) is 0.781. The Morgan fingerprint density at radius 2 is 1.64 bits per heavy atom. The van der Waals surface area contributed by atoms with Gasteiger partial charge in [0.2, 0.25) is 0 Å². The van der Waals surface area contributed by atoms with Crippen LogP contribution in [0.5, 0.6) is 0 Å². The molecule has 1 aromatic carbocycles. The minimum Gasteiger partial charge on any atom is -0.462 e. The molecule has 1 aliphatic rings. The van der Waals surface area contributed by atoms with E-state index < -0.39 is 23.7 Å². The first-order valence-corrected chi connectivity index (χ1v) is 8.15. The van der Waals surface area contributed by atoms with Crippen molar-refractivity contribution >= 4 is 23.6 Å². The van der Waals surface area contributed by atoms with Crippen molar-refractivity contribution in [3.05, 3.63) is 41.6 Å². The number of hydrogen-bond donors (Lipinski definition) is 1. The number of nitrogens with one attached hydrogen (secondary N) is 1. The molecule has 2 rings (SSSR count). The fraction of sp³-hybridized carbons (Fsp3) is 0.389. The maximum Gasteiger partial charge on any atom is 0.350 e. The van der Waals surface area contributed by atoms with Crippen LogP contribution in [-0.4, -0.2) is 30.3 Å². The molecule has 25 heavy (non-hydrogen) atoms. The smallest absolute Gasteiger partial charge is 0.350 e. The minimum absolute atomic E-state index is 0.216. The van der Waals surface area contributed by atoms with Crippen molar-refractivity contribution in [1.82, 2.24) is 0 Å². The van der Waals surface area contributed by atoms with Crippen molar-refractivity contribution in [2.24, 2.45) is 0 Å². The lowest BCUT2D eigenvalue weighted by atomic mass is 10.1. The molecule has 1 heterocycles. The van der Waals surface area contributed by atoms with Gasteiger partial charge in [-0.25, -0.2) is 14.4 Å². The molecule has 1 aromatic rings. The lowest BCUT2D eigenvalue weighted by Crippen LogP contribution is -2.45. The van der Waals surface area contributed by atoms with Crippen molar-refractivity contribution in [2.45, 2.75) is 39.4 Å². The topological polar surface area (TPSA) is 90.9 Å². The molecule has 1 saturated heterocycles. The first kappa shape index (κ1) is 18.5. The van der Waals surface area contributed by atoms with E-state index in [1.54, 1.807) is 45.0 Å². The lowest BCUT2D eigenvalue weighted by molar-refractivity contribution is -0.237. The monoisotopic (exact) mass is 347 g/mol. The highest BCUT2D eigenvalue weighted by Crippen LogP contribution is 2.29. The van der Waals surface area contributed by atoms with E-state index in [1.807, 2.05) is 0 Å². The average Bonchev–Trinajstić information content (AvgIpc) is 2.61. The fourth-order valence-electron chi connectivity index (χ4n) is 2.28. The minimum atomic E-state index is -1.19. The normalized spacial score (nSPS) is 15.9. The molecule has 0 bridgehead atoms. The molecular weight excluding hydrogens is 326 g/mol. The van der Waals surface area contributed by atoms with Gasteiger partial charge in [0.15, 0.2) is 5.57 Å². The molecule has 134 valence electrons. The Kier molecular flexibility index (Phi) is 5.80. The van der Waals surface area contributed by atoms with Crippen LogP contribution in [0.2, 0.25) is 0 Å². The van der Waals surface area contributed by atoms with Gasteiger partial charge in [-0.3, -0.25) is 0 Å². The molecule has 0 amide bonds. The van der Waals surface area contributed by atoms with Crippen LogP contribution in [0.3, 0.4) is 0 Å². The van der Waals surface area contributed by atoms with E-state index in [-0.39, 0.29) is 5.57 Å². The third-order valence-corrected chi connectivity index (χ3v) is 3.85. The summed E-state index contributed by atoms with van der Waals surface area (Å²) in [5, 5.41) is 2.82. The quantitative estimate of drug-likeness (QED) is 0.480. The molecule has 1 N–H and O–H groups in total. The van der Waals surface area contributed by atoms with Gasteiger partial charge in [-0.05, 0) is 31.2 Å². The van der Waals surface area contributed by atoms with E-state index >= 15 is 0 Å². The summed E-state index contributed by atoms with van der Waals surface area (Å²) in [4.78, 5) is 35.8. The summed E-state index contributed by atoms with van der Waals surface area (Å²) in [6, 6.07) is 6.42. The molecule has 7 nitrogen and oxygen atoms in total. The highest BCUT2D eigenvalue weighted by Gasteiger charge is 2.43. The number of anilines is 1.